The molecule has 0 aromatic heterocycles. The normalized spacial score (nSPS) is 16.7. The van der Waals surface area contributed by atoms with Crippen molar-refractivity contribution < 1.29 is 24.6 Å². The number of rotatable bonds is 4. The molecule has 0 fully saturated rings. The van der Waals surface area contributed by atoms with E-state index in [1.807, 2.05) is 0 Å². The van der Waals surface area contributed by atoms with Gasteiger partial charge in [-0.1, -0.05) is 6.07 Å². The second kappa shape index (κ2) is 4.79. The summed E-state index contributed by atoms with van der Waals surface area (Å²) >= 11 is 0. The summed E-state index contributed by atoms with van der Waals surface area (Å²) in [5.74, 6) is -1.81. The van der Waals surface area contributed by atoms with Crippen LogP contribution < -0.4 is 11.1 Å². The largest absolute Gasteiger partial charge is 0.390 e. The predicted molar refractivity (Wildman–Crippen MR) is 63.0 cm³/mol. The Morgan fingerprint density at radius 2 is 1.84 bits per heavy atom. The molecule has 7 nitrogen and oxygen atoms in total. The van der Waals surface area contributed by atoms with Gasteiger partial charge in [-0.15, -0.1) is 0 Å². The van der Waals surface area contributed by atoms with E-state index in [9.17, 15) is 24.6 Å². The minimum Gasteiger partial charge on any atom is -0.390 e. The Morgan fingerprint density at radius 3 is 2.47 bits per heavy atom. The maximum atomic E-state index is 11.4. The van der Waals surface area contributed by atoms with Gasteiger partial charge in [0.2, 0.25) is 5.91 Å². The van der Waals surface area contributed by atoms with Gasteiger partial charge in [0, 0.05) is 0 Å². The number of benzene rings is 1. The molecule has 19 heavy (non-hydrogen) atoms. The molecule has 5 N–H and O–H groups in total. The number of nitrogens with two attached hydrogens (primary N) is 1. The number of aliphatic hydroxyl groups excluding tert-OH is 2. The lowest BCUT2D eigenvalue weighted by Crippen LogP contribution is -2.25. The fraction of sp³-hybridized carbons (Fsp3) is 0.250. The quantitative estimate of drug-likeness (QED) is 0.510. The molecular formula is C12H12N2O5. The Labute approximate surface area is 108 Å². The van der Waals surface area contributed by atoms with E-state index in [0.717, 1.165) is 0 Å². The van der Waals surface area contributed by atoms with Gasteiger partial charge < -0.3 is 15.9 Å². The molecule has 100 valence electrons. The molecule has 1 aliphatic rings. The van der Waals surface area contributed by atoms with E-state index in [0.29, 0.717) is 0 Å². The van der Waals surface area contributed by atoms with Crippen molar-refractivity contribution in [3.63, 3.8) is 0 Å². The van der Waals surface area contributed by atoms with Gasteiger partial charge in [0.1, 0.15) is 6.10 Å². The highest BCUT2D eigenvalue weighted by Crippen LogP contribution is 2.24. The molecule has 1 heterocycles. The standard InChI is InChI=1S/C12H12N2O5/c13-9(16)4-8(15)10(17)5-1-2-6-7(3-5)12(19)14-11(6)18/h1-3,8,10,15,17H,4H2,(H2,13,16)(H,14,18,19). The molecule has 2 unspecified atom stereocenters. The van der Waals surface area contributed by atoms with Gasteiger partial charge >= 0.3 is 0 Å². The maximum absolute atomic E-state index is 11.4. The summed E-state index contributed by atoms with van der Waals surface area (Å²) in [6, 6.07) is 4.10. The Kier molecular flexibility index (Phi) is 3.32. The maximum Gasteiger partial charge on any atom is 0.258 e. The molecule has 0 bridgehead atoms. The van der Waals surface area contributed by atoms with Crippen LogP contribution in [-0.2, 0) is 4.79 Å². The number of primary amides is 1. The van der Waals surface area contributed by atoms with Crippen LogP contribution in [0, 0.1) is 0 Å². The van der Waals surface area contributed by atoms with Gasteiger partial charge in [0.05, 0.1) is 23.7 Å². The molecule has 0 saturated heterocycles. The van der Waals surface area contributed by atoms with Gasteiger partial charge in [-0.25, -0.2) is 0 Å². The predicted octanol–water partition coefficient (Wildman–Crippen LogP) is -1.16. The van der Waals surface area contributed by atoms with E-state index < -0.39 is 36.4 Å². The first-order valence-corrected chi connectivity index (χ1v) is 5.54. The highest BCUT2D eigenvalue weighted by Gasteiger charge is 2.29. The Hall–Kier alpha value is -2.25. The third kappa shape index (κ3) is 2.47. The van der Waals surface area contributed by atoms with Crippen LogP contribution in [0.4, 0.5) is 0 Å². The molecule has 0 saturated carbocycles. The molecule has 7 heteroatoms. The van der Waals surface area contributed by atoms with Crippen molar-refractivity contribution in [2.75, 3.05) is 0 Å². The van der Waals surface area contributed by atoms with Crippen molar-refractivity contribution in [3.05, 3.63) is 34.9 Å². The molecule has 0 aliphatic carbocycles. The first kappa shape index (κ1) is 13.2. The van der Waals surface area contributed by atoms with Crippen molar-refractivity contribution in [2.24, 2.45) is 5.73 Å². The van der Waals surface area contributed by atoms with Crippen LogP contribution in [-0.4, -0.2) is 34.0 Å². The van der Waals surface area contributed by atoms with Crippen LogP contribution in [0.25, 0.3) is 0 Å². The Bertz CT molecular complexity index is 569. The number of fused-ring (bicyclic) bond motifs is 1. The molecule has 0 spiro atoms. The monoisotopic (exact) mass is 264 g/mol. The third-order valence-electron chi connectivity index (χ3n) is 2.88. The average molecular weight is 264 g/mol. The Balaban J connectivity index is 2.28. The first-order valence-electron chi connectivity index (χ1n) is 5.54. The highest BCUT2D eigenvalue weighted by atomic mass is 16.3. The zero-order chi connectivity index (χ0) is 14.2. The van der Waals surface area contributed by atoms with Crippen LogP contribution in [0.1, 0.15) is 38.8 Å². The number of amides is 3. The highest BCUT2D eigenvalue weighted by molar-refractivity contribution is 6.21. The van der Waals surface area contributed by atoms with Crippen LogP contribution in [0.3, 0.4) is 0 Å². The van der Waals surface area contributed by atoms with Gasteiger partial charge in [-0.2, -0.15) is 0 Å². The number of nitrogens with one attached hydrogen (secondary N) is 1. The molecule has 2 rings (SSSR count). The van der Waals surface area contributed by atoms with Crippen LogP contribution in [0.15, 0.2) is 18.2 Å². The van der Waals surface area contributed by atoms with Crippen molar-refractivity contribution in [2.45, 2.75) is 18.6 Å². The lowest BCUT2D eigenvalue weighted by atomic mass is 9.98. The number of carbonyl (C=O) groups is 3. The van der Waals surface area contributed by atoms with Crippen molar-refractivity contribution in [1.82, 2.24) is 5.32 Å². The van der Waals surface area contributed by atoms with E-state index in [-0.39, 0.29) is 16.7 Å². The molecule has 1 aromatic rings. The molecule has 0 radical (unpaired) electrons. The average Bonchev–Trinajstić information content (AvgIpc) is 2.63. The van der Waals surface area contributed by atoms with E-state index in [2.05, 4.69) is 5.32 Å². The van der Waals surface area contributed by atoms with Crippen molar-refractivity contribution >= 4 is 17.7 Å². The third-order valence-corrected chi connectivity index (χ3v) is 2.88. The lowest BCUT2D eigenvalue weighted by molar-refractivity contribution is -0.121. The van der Waals surface area contributed by atoms with Gasteiger partial charge in [0.15, 0.2) is 0 Å². The number of carbonyl (C=O) groups excluding carboxylic acids is 3. The summed E-state index contributed by atoms with van der Waals surface area (Å²) in [4.78, 5) is 33.4. The zero-order valence-electron chi connectivity index (χ0n) is 9.79. The topological polar surface area (TPSA) is 130 Å². The molecule has 2 atom stereocenters. The van der Waals surface area contributed by atoms with Gasteiger partial charge in [-0.05, 0) is 17.7 Å². The summed E-state index contributed by atoms with van der Waals surface area (Å²) in [5, 5.41) is 21.6. The Morgan fingerprint density at radius 1 is 1.21 bits per heavy atom. The number of imide groups is 1. The minimum atomic E-state index is -1.37. The fourth-order valence-corrected chi connectivity index (χ4v) is 1.91. The second-order valence-electron chi connectivity index (χ2n) is 4.27. The smallest absolute Gasteiger partial charge is 0.258 e. The van der Waals surface area contributed by atoms with Crippen molar-refractivity contribution in [3.8, 4) is 0 Å². The van der Waals surface area contributed by atoms with Gasteiger partial charge in [-0.3, -0.25) is 19.7 Å². The van der Waals surface area contributed by atoms with Gasteiger partial charge in [0.25, 0.3) is 11.8 Å². The first-order chi connectivity index (χ1) is 8.90. The fourth-order valence-electron chi connectivity index (χ4n) is 1.91. The molecular weight excluding hydrogens is 252 g/mol. The summed E-state index contributed by atoms with van der Waals surface area (Å²) in [6.07, 6.45) is -3.12. The van der Waals surface area contributed by atoms with Crippen LogP contribution in [0.5, 0.6) is 0 Å². The number of hydrogen-bond acceptors (Lipinski definition) is 5. The van der Waals surface area contributed by atoms with E-state index in [1.54, 1.807) is 0 Å². The summed E-state index contributed by atoms with van der Waals surface area (Å²) in [6.45, 7) is 0. The van der Waals surface area contributed by atoms with E-state index in [1.165, 1.54) is 18.2 Å². The SMILES string of the molecule is NC(=O)CC(O)C(O)c1ccc2c(c1)C(=O)NC2=O. The van der Waals surface area contributed by atoms with E-state index in [4.69, 9.17) is 5.73 Å². The summed E-state index contributed by atoms with van der Waals surface area (Å²) < 4.78 is 0. The summed E-state index contributed by atoms with van der Waals surface area (Å²) in [5.41, 5.74) is 5.50. The zero-order valence-corrected chi connectivity index (χ0v) is 9.79. The molecule has 1 aliphatic heterocycles. The molecule has 3 amide bonds. The number of hydrogen-bond donors (Lipinski definition) is 4. The minimum absolute atomic E-state index is 0.132. The van der Waals surface area contributed by atoms with Crippen molar-refractivity contribution in [1.29, 1.82) is 0 Å². The summed E-state index contributed by atoms with van der Waals surface area (Å²) in [7, 11) is 0. The van der Waals surface area contributed by atoms with Crippen LogP contribution in [0.2, 0.25) is 0 Å². The number of aliphatic hydroxyl groups is 2. The van der Waals surface area contributed by atoms with Crippen LogP contribution >= 0.6 is 0 Å². The second-order valence-corrected chi connectivity index (χ2v) is 4.27. The van der Waals surface area contributed by atoms with E-state index >= 15 is 0 Å². The molecule has 1 aromatic carbocycles. The lowest BCUT2D eigenvalue weighted by Gasteiger charge is -2.17.